The predicted octanol–water partition coefficient (Wildman–Crippen LogP) is 2.71. The van der Waals surface area contributed by atoms with Crippen molar-refractivity contribution in [2.24, 2.45) is 0 Å². The number of fused-ring (bicyclic) bond motifs is 1. The smallest absolute Gasteiger partial charge is 0.353 e. The van der Waals surface area contributed by atoms with Crippen LogP contribution in [0.25, 0.3) is 11.2 Å². The average Bonchev–Trinajstić information content (AvgIpc) is 3.19. The summed E-state index contributed by atoms with van der Waals surface area (Å²) in [6.07, 6.45) is 11.4. The predicted molar refractivity (Wildman–Crippen MR) is 121 cm³/mol. The Morgan fingerprint density at radius 3 is 2.38 bits per heavy atom. The fourth-order valence-electron chi connectivity index (χ4n) is 3.16. The lowest BCUT2D eigenvalue weighted by molar-refractivity contribution is 0.0841. The fourth-order valence-corrected chi connectivity index (χ4v) is 3.95. The zero-order valence-corrected chi connectivity index (χ0v) is 19.5. The van der Waals surface area contributed by atoms with Crippen LogP contribution < -0.4 is 5.73 Å². The van der Waals surface area contributed by atoms with Gasteiger partial charge in [-0.3, -0.25) is 4.57 Å². The minimum absolute atomic E-state index is 0.0460. The van der Waals surface area contributed by atoms with Crippen LogP contribution in [0.4, 0.5) is 5.82 Å². The Labute approximate surface area is 188 Å². The maximum atomic E-state index is 12.0. The van der Waals surface area contributed by atoms with Gasteiger partial charge in [0.25, 0.3) is 0 Å². The van der Waals surface area contributed by atoms with Crippen LogP contribution in [0.5, 0.6) is 0 Å². The Morgan fingerprint density at radius 1 is 0.906 bits per heavy atom. The topological polar surface area (TPSA) is 155 Å². The van der Waals surface area contributed by atoms with Crippen LogP contribution in [0, 0.1) is 0 Å². The number of ether oxygens (including phenoxy) is 2. The van der Waals surface area contributed by atoms with Crippen molar-refractivity contribution in [3.8, 4) is 0 Å². The number of nitrogen functional groups attached to an aromatic ring is 1. The summed E-state index contributed by atoms with van der Waals surface area (Å²) in [6, 6.07) is 0. The second-order valence-electron chi connectivity index (χ2n) is 7.54. The number of hydrogen-bond donors (Lipinski definition) is 3. The molecule has 0 spiro atoms. The van der Waals surface area contributed by atoms with E-state index >= 15 is 0 Å². The monoisotopic (exact) mass is 473 g/mol. The molecule has 0 aliphatic rings. The molecule has 0 fully saturated rings. The Balaban J connectivity index is 1.45. The van der Waals surface area contributed by atoms with Gasteiger partial charge < -0.3 is 34.3 Å². The molecule has 4 N–H and O–H groups in total. The second kappa shape index (κ2) is 15.3. The van der Waals surface area contributed by atoms with Gasteiger partial charge in [-0.25, -0.2) is 15.0 Å². The van der Waals surface area contributed by atoms with Crippen LogP contribution >= 0.6 is 7.60 Å². The molecule has 1 atom stereocenters. The van der Waals surface area contributed by atoms with E-state index in [4.69, 9.17) is 24.8 Å². The summed E-state index contributed by atoms with van der Waals surface area (Å²) in [4.78, 5) is 22.0. The van der Waals surface area contributed by atoms with Crippen LogP contribution in [-0.2, 0) is 25.1 Å². The van der Waals surface area contributed by atoms with Crippen molar-refractivity contribution in [3.05, 3.63) is 12.7 Å². The van der Waals surface area contributed by atoms with Crippen molar-refractivity contribution in [2.45, 2.75) is 57.9 Å². The number of rotatable bonds is 19. The maximum absolute atomic E-state index is 12.0. The van der Waals surface area contributed by atoms with E-state index in [9.17, 15) is 9.46 Å². The van der Waals surface area contributed by atoms with Gasteiger partial charge in [-0.05, 0) is 12.8 Å². The molecule has 182 valence electrons. The molecular formula is C20H36N5O6P. The second-order valence-corrected chi connectivity index (χ2v) is 9.33. The minimum Gasteiger partial charge on any atom is -0.396 e. The third-order valence-electron chi connectivity index (χ3n) is 4.88. The van der Waals surface area contributed by atoms with Gasteiger partial charge in [-0.1, -0.05) is 38.5 Å². The van der Waals surface area contributed by atoms with E-state index in [0.717, 1.165) is 25.7 Å². The molecule has 12 heteroatoms. The van der Waals surface area contributed by atoms with Gasteiger partial charge in [0.2, 0.25) is 0 Å². The molecule has 2 heterocycles. The molecule has 0 saturated heterocycles. The van der Waals surface area contributed by atoms with Gasteiger partial charge in [0, 0.05) is 19.8 Å². The van der Waals surface area contributed by atoms with Gasteiger partial charge in [0.05, 0.1) is 26.1 Å². The number of hydrogen-bond acceptors (Lipinski definition) is 9. The number of unbranched alkanes of at least 4 members (excludes halogenated alkanes) is 7. The summed E-state index contributed by atoms with van der Waals surface area (Å²) < 4.78 is 29.5. The summed E-state index contributed by atoms with van der Waals surface area (Å²) in [5.74, 6) is 0.301. The van der Waals surface area contributed by atoms with E-state index in [0.29, 0.717) is 30.1 Å². The molecule has 0 aliphatic heterocycles. The molecule has 2 rings (SSSR count). The Kier molecular flexibility index (Phi) is 12.7. The molecule has 2 aromatic heterocycles. The number of aliphatic hydroxyl groups excluding tert-OH is 1. The molecule has 1 unspecified atom stereocenters. The summed E-state index contributed by atoms with van der Waals surface area (Å²) in [5.41, 5.74) is 6.84. The first-order valence-corrected chi connectivity index (χ1v) is 12.9. The largest absolute Gasteiger partial charge is 0.396 e. The molecule has 0 aliphatic carbocycles. The first kappa shape index (κ1) is 26.6. The quantitative estimate of drug-likeness (QED) is 0.205. The highest BCUT2D eigenvalue weighted by atomic mass is 31.2. The van der Waals surface area contributed by atoms with E-state index in [1.807, 2.05) is 0 Å². The Morgan fingerprint density at radius 2 is 1.62 bits per heavy atom. The number of aliphatic hydroxyl groups is 1. The first-order chi connectivity index (χ1) is 15.5. The number of nitrogens with zero attached hydrogens (tertiary/aromatic N) is 4. The lowest BCUT2D eigenvalue weighted by Crippen LogP contribution is -2.09. The number of nitrogens with two attached hydrogens (primary N) is 1. The van der Waals surface area contributed by atoms with Crippen LogP contribution in [0.1, 0.15) is 51.4 Å². The summed E-state index contributed by atoms with van der Waals surface area (Å²) in [6.45, 7) is 1.82. The third-order valence-corrected chi connectivity index (χ3v) is 5.97. The zero-order valence-electron chi connectivity index (χ0n) is 18.6. The summed E-state index contributed by atoms with van der Waals surface area (Å²) in [5, 5.41) is 8.72. The van der Waals surface area contributed by atoms with Crippen molar-refractivity contribution in [2.75, 3.05) is 45.1 Å². The van der Waals surface area contributed by atoms with E-state index < -0.39 is 13.9 Å². The van der Waals surface area contributed by atoms with Crippen molar-refractivity contribution in [1.82, 2.24) is 19.5 Å². The van der Waals surface area contributed by atoms with Crippen LogP contribution in [-0.4, -0.2) is 68.9 Å². The van der Waals surface area contributed by atoms with Crippen molar-refractivity contribution < 1.29 is 28.6 Å². The normalized spacial score (nSPS) is 13.6. The van der Waals surface area contributed by atoms with E-state index in [1.54, 1.807) is 10.9 Å². The van der Waals surface area contributed by atoms with E-state index in [-0.39, 0.29) is 26.4 Å². The lowest BCUT2D eigenvalue weighted by Gasteiger charge is -2.13. The minimum atomic E-state index is -3.83. The molecular weight excluding hydrogens is 437 g/mol. The van der Waals surface area contributed by atoms with Gasteiger partial charge >= 0.3 is 7.60 Å². The lowest BCUT2D eigenvalue weighted by atomic mass is 10.1. The Hall–Kier alpha value is -1.62. The van der Waals surface area contributed by atoms with Crippen molar-refractivity contribution >= 4 is 24.6 Å². The molecule has 0 saturated carbocycles. The van der Waals surface area contributed by atoms with Gasteiger partial charge in [0.15, 0.2) is 11.5 Å². The molecule has 0 bridgehead atoms. The molecule has 2 aromatic rings. The highest BCUT2D eigenvalue weighted by molar-refractivity contribution is 7.52. The standard InChI is InChI=1S/C20H36N5O6P/c21-19-18-20(23-15-22-19)25(16-24-18)9-12-30-17-32(27,28)31-14-13-29-11-8-6-4-2-1-3-5-7-10-26/h15-16,26H,1-14,17H2,(H,27,28)(H2,21,22,23). The zero-order chi connectivity index (χ0) is 23.1. The molecule has 0 amide bonds. The van der Waals surface area contributed by atoms with Crippen molar-refractivity contribution in [1.29, 1.82) is 0 Å². The first-order valence-electron chi connectivity index (χ1n) is 11.2. The van der Waals surface area contributed by atoms with Gasteiger partial charge in [-0.15, -0.1) is 0 Å². The molecule has 32 heavy (non-hydrogen) atoms. The molecule has 11 nitrogen and oxygen atoms in total. The third kappa shape index (κ3) is 10.3. The summed E-state index contributed by atoms with van der Waals surface area (Å²) in [7, 11) is -3.83. The van der Waals surface area contributed by atoms with Crippen LogP contribution in [0.3, 0.4) is 0 Å². The summed E-state index contributed by atoms with van der Waals surface area (Å²) >= 11 is 0. The Bertz CT molecular complexity index is 821. The molecule has 0 aromatic carbocycles. The van der Waals surface area contributed by atoms with E-state index in [2.05, 4.69) is 15.0 Å². The molecule has 0 radical (unpaired) electrons. The number of anilines is 1. The van der Waals surface area contributed by atoms with E-state index in [1.165, 1.54) is 32.0 Å². The fraction of sp³-hybridized carbons (Fsp3) is 0.750. The highest BCUT2D eigenvalue weighted by Crippen LogP contribution is 2.41. The highest BCUT2D eigenvalue weighted by Gasteiger charge is 2.19. The van der Waals surface area contributed by atoms with Gasteiger partial charge in [-0.2, -0.15) is 0 Å². The van der Waals surface area contributed by atoms with Crippen LogP contribution in [0.15, 0.2) is 12.7 Å². The van der Waals surface area contributed by atoms with Gasteiger partial charge in [0.1, 0.15) is 18.2 Å². The SMILES string of the molecule is Nc1ncnc2c1ncn2CCOCP(=O)(O)OCCOCCCCCCCCCCO. The number of aromatic nitrogens is 4. The van der Waals surface area contributed by atoms with Crippen LogP contribution in [0.2, 0.25) is 0 Å². The average molecular weight is 474 g/mol. The van der Waals surface area contributed by atoms with Crippen molar-refractivity contribution in [3.63, 3.8) is 0 Å². The number of imidazole rings is 1. The maximum Gasteiger partial charge on any atom is 0.353 e.